The molecule has 1 aromatic heterocycles. The van der Waals surface area contributed by atoms with Crippen LogP contribution in [0.4, 0.5) is 10.1 Å². The van der Waals surface area contributed by atoms with Gasteiger partial charge in [-0.2, -0.15) is 0 Å². The fourth-order valence-corrected chi connectivity index (χ4v) is 3.59. The minimum absolute atomic E-state index is 0.0531. The highest BCUT2D eigenvalue weighted by Gasteiger charge is 2.48. The summed E-state index contributed by atoms with van der Waals surface area (Å²) in [5.74, 6) is -2.15. The summed E-state index contributed by atoms with van der Waals surface area (Å²) in [6.45, 7) is 0. The molecule has 1 saturated heterocycles. The van der Waals surface area contributed by atoms with Gasteiger partial charge >= 0.3 is 0 Å². The summed E-state index contributed by atoms with van der Waals surface area (Å²) in [6, 6.07) is 12.2. The third-order valence-electron chi connectivity index (χ3n) is 5.01. The molecular weight excluding hydrogens is 405 g/mol. The number of carbonyl (C=O) groups is 2. The van der Waals surface area contributed by atoms with Crippen LogP contribution in [0.15, 0.2) is 70.9 Å². The average molecular weight is 423 g/mol. The summed E-state index contributed by atoms with van der Waals surface area (Å²) >= 11 is 0. The van der Waals surface area contributed by atoms with E-state index in [1.54, 1.807) is 36.4 Å². The number of aliphatic hydroxyl groups excluding tert-OH is 1. The van der Waals surface area contributed by atoms with Crippen molar-refractivity contribution in [2.24, 2.45) is 0 Å². The van der Waals surface area contributed by atoms with E-state index in [9.17, 15) is 19.1 Å². The Labute approximate surface area is 176 Å². The Kier molecular flexibility index (Phi) is 5.21. The molecule has 1 aliphatic heterocycles. The SMILES string of the molecule is COc1cccc(N2C(=O)C(=O)/C(=C(\O)c3cc(F)ccc3OC)C2c2ccco2)c1. The summed E-state index contributed by atoms with van der Waals surface area (Å²) in [5, 5.41) is 11.0. The van der Waals surface area contributed by atoms with E-state index in [2.05, 4.69) is 0 Å². The number of ether oxygens (including phenoxy) is 2. The second-order valence-electron chi connectivity index (χ2n) is 6.73. The molecule has 0 bridgehead atoms. The van der Waals surface area contributed by atoms with Gasteiger partial charge < -0.3 is 19.0 Å². The predicted molar refractivity (Wildman–Crippen MR) is 109 cm³/mol. The molecule has 0 spiro atoms. The Morgan fingerprint density at radius 2 is 1.87 bits per heavy atom. The topological polar surface area (TPSA) is 89.2 Å². The van der Waals surface area contributed by atoms with Gasteiger partial charge in [-0.1, -0.05) is 6.07 Å². The highest BCUT2D eigenvalue weighted by atomic mass is 19.1. The Morgan fingerprint density at radius 3 is 2.55 bits per heavy atom. The van der Waals surface area contributed by atoms with Crippen LogP contribution in [0, 0.1) is 5.82 Å². The first-order chi connectivity index (χ1) is 15.0. The van der Waals surface area contributed by atoms with Gasteiger partial charge in [0.05, 0.1) is 31.6 Å². The zero-order valence-electron chi connectivity index (χ0n) is 16.7. The Hall–Kier alpha value is -4.07. The molecule has 1 N–H and O–H groups in total. The number of furan rings is 1. The standard InChI is InChI=1S/C23H18FNO6/c1-29-15-6-3-5-14(12-15)25-20(18-7-4-10-31-18)19(22(27)23(25)28)21(26)16-11-13(24)8-9-17(16)30-2/h3-12,20,26H,1-2H3/b21-19-. The molecule has 0 saturated carbocycles. The Bertz CT molecular complexity index is 1180. The lowest BCUT2D eigenvalue weighted by atomic mass is 9.98. The molecule has 31 heavy (non-hydrogen) atoms. The Morgan fingerprint density at radius 1 is 1.06 bits per heavy atom. The van der Waals surface area contributed by atoms with E-state index in [-0.39, 0.29) is 22.6 Å². The van der Waals surface area contributed by atoms with Gasteiger partial charge in [-0.25, -0.2) is 4.39 Å². The Balaban J connectivity index is 1.96. The van der Waals surface area contributed by atoms with Gasteiger partial charge in [0.15, 0.2) is 0 Å². The van der Waals surface area contributed by atoms with Crippen LogP contribution >= 0.6 is 0 Å². The molecule has 1 amide bonds. The third-order valence-corrected chi connectivity index (χ3v) is 5.01. The van der Waals surface area contributed by atoms with E-state index in [4.69, 9.17) is 13.9 Å². The average Bonchev–Trinajstić information content (AvgIpc) is 3.40. The highest BCUT2D eigenvalue weighted by Crippen LogP contribution is 2.43. The van der Waals surface area contributed by atoms with Gasteiger partial charge in [-0.05, 0) is 42.5 Å². The van der Waals surface area contributed by atoms with Crippen molar-refractivity contribution in [3.05, 3.63) is 83.6 Å². The quantitative estimate of drug-likeness (QED) is 0.378. The van der Waals surface area contributed by atoms with Crippen LogP contribution in [-0.2, 0) is 9.59 Å². The van der Waals surface area contributed by atoms with Crippen molar-refractivity contribution < 1.29 is 33.0 Å². The molecule has 2 aromatic carbocycles. The molecule has 1 fully saturated rings. The number of carbonyl (C=O) groups excluding carboxylic acids is 2. The number of benzene rings is 2. The van der Waals surface area contributed by atoms with Crippen LogP contribution in [0.25, 0.3) is 5.76 Å². The van der Waals surface area contributed by atoms with Gasteiger partial charge in [0, 0.05) is 11.8 Å². The molecule has 3 aromatic rings. The number of aliphatic hydroxyl groups is 1. The monoisotopic (exact) mass is 423 g/mol. The molecule has 158 valence electrons. The summed E-state index contributed by atoms with van der Waals surface area (Å²) < 4.78 is 29.8. The lowest BCUT2D eigenvalue weighted by Gasteiger charge is -2.23. The van der Waals surface area contributed by atoms with E-state index >= 15 is 0 Å². The second kappa shape index (κ2) is 7.98. The molecule has 8 heteroatoms. The number of halogens is 1. The smallest absolute Gasteiger partial charge is 0.300 e. The number of nitrogens with zero attached hydrogens (tertiary/aromatic N) is 1. The van der Waals surface area contributed by atoms with Crippen molar-refractivity contribution in [3.63, 3.8) is 0 Å². The summed E-state index contributed by atoms with van der Waals surface area (Å²) in [6.07, 6.45) is 1.39. The maximum atomic E-state index is 13.9. The zero-order chi connectivity index (χ0) is 22.1. The molecule has 2 heterocycles. The number of Topliss-reactive ketones (excluding diaryl/α,β-unsaturated/α-hetero) is 1. The van der Waals surface area contributed by atoms with Crippen LogP contribution in [0.3, 0.4) is 0 Å². The van der Waals surface area contributed by atoms with E-state index in [1.165, 1.54) is 31.4 Å². The minimum atomic E-state index is -1.07. The van der Waals surface area contributed by atoms with Gasteiger partial charge in [-0.15, -0.1) is 0 Å². The molecule has 1 unspecified atom stereocenters. The van der Waals surface area contributed by atoms with Gasteiger partial charge in [0.2, 0.25) is 0 Å². The van der Waals surface area contributed by atoms with Crippen molar-refractivity contribution >= 4 is 23.1 Å². The molecule has 1 aliphatic rings. The fraction of sp³-hybridized carbons (Fsp3) is 0.130. The summed E-state index contributed by atoms with van der Waals surface area (Å²) in [5.41, 5.74) is 0.0717. The maximum Gasteiger partial charge on any atom is 0.300 e. The number of anilines is 1. The number of rotatable bonds is 5. The van der Waals surface area contributed by atoms with Crippen molar-refractivity contribution in [1.29, 1.82) is 0 Å². The van der Waals surface area contributed by atoms with Crippen molar-refractivity contribution in [1.82, 2.24) is 0 Å². The molecule has 7 nitrogen and oxygen atoms in total. The van der Waals surface area contributed by atoms with Gasteiger partial charge in [-0.3, -0.25) is 14.5 Å². The minimum Gasteiger partial charge on any atom is -0.507 e. The zero-order valence-corrected chi connectivity index (χ0v) is 16.7. The maximum absolute atomic E-state index is 13.9. The summed E-state index contributed by atoms with van der Waals surface area (Å²) in [7, 11) is 2.83. The number of hydrogen-bond acceptors (Lipinski definition) is 6. The van der Waals surface area contributed by atoms with Gasteiger partial charge in [0.1, 0.15) is 34.9 Å². The molecular formula is C23H18FNO6. The van der Waals surface area contributed by atoms with Crippen LogP contribution in [0.5, 0.6) is 11.5 Å². The van der Waals surface area contributed by atoms with Crippen LogP contribution in [-0.4, -0.2) is 31.0 Å². The summed E-state index contributed by atoms with van der Waals surface area (Å²) in [4.78, 5) is 27.3. The van der Waals surface area contributed by atoms with E-state index in [0.717, 1.165) is 12.1 Å². The molecule has 4 rings (SSSR count). The van der Waals surface area contributed by atoms with Crippen molar-refractivity contribution in [3.8, 4) is 11.5 Å². The third kappa shape index (κ3) is 3.42. The molecule has 1 atom stereocenters. The van der Waals surface area contributed by atoms with E-state index in [0.29, 0.717) is 11.4 Å². The van der Waals surface area contributed by atoms with Crippen LogP contribution < -0.4 is 14.4 Å². The molecule has 0 radical (unpaired) electrons. The number of ketones is 1. The largest absolute Gasteiger partial charge is 0.507 e. The van der Waals surface area contributed by atoms with E-state index < -0.39 is 29.3 Å². The number of amides is 1. The van der Waals surface area contributed by atoms with Gasteiger partial charge in [0.25, 0.3) is 11.7 Å². The lowest BCUT2D eigenvalue weighted by molar-refractivity contribution is -0.132. The van der Waals surface area contributed by atoms with E-state index in [1.807, 2.05) is 0 Å². The normalized spacial score (nSPS) is 17.8. The molecule has 0 aliphatic carbocycles. The highest BCUT2D eigenvalue weighted by molar-refractivity contribution is 6.51. The van der Waals surface area contributed by atoms with Crippen LogP contribution in [0.1, 0.15) is 17.4 Å². The lowest BCUT2D eigenvalue weighted by Crippen LogP contribution is -2.29. The van der Waals surface area contributed by atoms with Crippen molar-refractivity contribution in [2.45, 2.75) is 6.04 Å². The first kappa shape index (κ1) is 20.2. The fourth-order valence-electron chi connectivity index (χ4n) is 3.59. The first-order valence-electron chi connectivity index (χ1n) is 9.28. The first-order valence-corrected chi connectivity index (χ1v) is 9.28. The second-order valence-corrected chi connectivity index (χ2v) is 6.73. The predicted octanol–water partition coefficient (Wildman–Crippen LogP) is 4.06. The van der Waals surface area contributed by atoms with Crippen LogP contribution in [0.2, 0.25) is 0 Å². The number of methoxy groups -OCH3 is 2. The van der Waals surface area contributed by atoms with Crippen molar-refractivity contribution in [2.75, 3.05) is 19.1 Å². The number of hydrogen-bond donors (Lipinski definition) is 1.